The van der Waals surface area contributed by atoms with E-state index < -0.39 is 0 Å². The summed E-state index contributed by atoms with van der Waals surface area (Å²) in [4.78, 5) is 0. The molecule has 1 saturated carbocycles. The molecule has 0 aromatic carbocycles. The highest BCUT2D eigenvalue weighted by Gasteiger charge is 2.39. The fourth-order valence-corrected chi connectivity index (χ4v) is 1.20. The van der Waals surface area contributed by atoms with Crippen LogP contribution in [0.25, 0.3) is 0 Å². The fourth-order valence-electron chi connectivity index (χ4n) is 1.20. The Bertz CT molecular complexity index is 84.9. The van der Waals surface area contributed by atoms with Crippen LogP contribution in [-0.2, 0) is 0 Å². The summed E-state index contributed by atoms with van der Waals surface area (Å²) < 4.78 is 0. The molecule has 1 aliphatic carbocycles. The Balaban J connectivity index is 0.000000461. The van der Waals surface area contributed by atoms with Gasteiger partial charge >= 0.3 is 0 Å². The van der Waals surface area contributed by atoms with Crippen molar-refractivity contribution in [2.45, 2.75) is 58.9 Å². The van der Waals surface area contributed by atoms with E-state index in [2.05, 4.69) is 19.2 Å². The Morgan fingerprint density at radius 2 is 1.73 bits per heavy atom. The lowest BCUT2D eigenvalue weighted by atomic mass is 10.2. The molecule has 0 heterocycles. The van der Waals surface area contributed by atoms with Crippen LogP contribution in [0.5, 0.6) is 0 Å². The highest BCUT2D eigenvalue weighted by Crippen LogP contribution is 2.37. The van der Waals surface area contributed by atoms with Gasteiger partial charge < -0.3 is 5.32 Å². The Labute approximate surface area is 71.6 Å². The number of rotatable bonds is 4. The molecule has 0 radical (unpaired) electrons. The van der Waals surface area contributed by atoms with Gasteiger partial charge in [0.15, 0.2) is 0 Å². The van der Waals surface area contributed by atoms with E-state index in [0.29, 0.717) is 5.54 Å². The Hall–Kier alpha value is -0.0400. The van der Waals surface area contributed by atoms with Crippen molar-refractivity contribution in [1.82, 2.24) is 5.32 Å². The van der Waals surface area contributed by atoms with Crippen LogP contribution in [-0.4, -0.2) is 12.1 Å². The Morgan fingerprint density at radius 3 is 2.00 bits per heavy atom. The summed E-state index contributed by atoms with van der Waals surface area (Å²) in [5, 5.41) is 3.57. The molecule has 0 spiro atoms. The second-order valence-corrected chi connectivity index (χ2v) is 3.06. The highest BCUT2D eigenvalue weighted by atomic mass is 15.0. The van der Waals surface area contributed by atoms with E-state index in [9.17, 15) is 0 Å². The van der Waals surface area contributed by atoms with Gasteiger partial charge in [0.2, 0.25) is 0 Å². The minimum atomic E-state index is 0.593. The van der Waals surface area contributed by atoms with Crippen LogP contribution in [0, 0.1) is 0 Å². The molecule has 0 saturated heterocycles. The van der Waals surface area contributed by atoms with Crippen molar-refractivity contribution < 1.29 is 0 Å². The first-order valence-electron chi connectivity index (χ1n) is 5.08. The van der Waals surface area contributed by atoms with Crippen LogP contribution in [0.15, 0.2) is 0 Å². The van der Waals surface area contributed by atoms with Crippen molar-refractivity contribution in [2.75, 3.05) is 6.54 Å². The maximum atomic E-state index is 3.57. The zero-order valence-corrected chi connectivity index (χ0v) is 8.54. The smallest absolute Gasteiger partial charge is 0.0180 e. The van der Waals surface area contributed by atoms with Gasteiger partial charge in [-0.15, -0.1) is 0 Å². The van der Waals surface area contributed by atoms with Crippen molar-refractivity contribution >= 4 is 0 Å². The molecule has 1 aliphatic rings. The summed E-state index contributed by atoms with van der Waals surface area (Å²) in [6.45, 7) is 9.70. The van der Waals surface area contributed by atoms with E-state index in [1.165, 1.54) is 32.2 Å². The summed E-state index contributed by atoms with van der Waals surface area (Å²) in [5.41, 5.74) is 0.593. The van der Waals surface area contributed by atoms with Crippen LogP contribution in [0.4, 0.5) is 0 Å². The molecule has 0 unspecified atom stereocenters. The second kappa shape index (κ2) is 5.59. The summed E-state index contributed by atoms with van der Waals surface area (Å²) >= 11 is 0. The Morgan fingerprint density at radius 1 is 1.18 bits per heavy atom. The lowest BCUT2D eigenvalue weighted by Crippen LogP contribution is -2.30. The van der Waals surface area contributed by atoms with Crippen molar-refractivity contribution in [3.63, 3.8) is 0 Å². The molecule has 68 valence electrons. The molecule has 1 fully saturated rings. The summed E-state index contributed by atoms with van der Waals surface area (Å²) in [6.07, 6.45) is 5.39. The van der Waals surface area contributed by atoms with Gasteiger partial charge in [-0.3, -0.25) is 0 Å². The average molecular weight is 157 g/mol. The number of hydrogen-bond donors (Lipinski definition) is 1. The average Bonchev–Trinajstić information content (AvgIpc) is 2.86. The second-order valence-electron chi connectivity index (χ2n) is 3.06. The third-order valence-electron chi connectivity index (χ3n) is 2.28. The molecule has 0 aliphatic heterocycles. The predicted octanol–water partition coefficient (Wildman–Crippen LogP) is 2.95. The largest absolute Gasteiger partial charge is 0.311 e. The van der Waals surface area contributed by atoms with Crippen molar-refractivity contribution in [2.24, 2.45) is 0 Å². The van der Waals surface area contributed by atoms with Gasteiger partial charge in [-0.1, -0.05) is 27.7 Å². The lowest BCUT2D eigenvalue weighted by molar-refractivity contribution is 0.483. The molecule has 0 amide bonds. The maximum Gasteiger partial charge on any atom is 0.0180 e. The third kappa shape index (κ3) is 3.76. The first-order chi connectivity index (χ1) is 5.33. The van der Waals surface area contributed by atoms with Crippen molar-refractivity contribution in [3.05, 3.63) is 0 Å². The summed E-state index contributed by atoms with van der Waals surface area (Å²) in [6, 6.07) is 0. The minimum absolute atomic E-state index is 0.593. The monoisotopic (exact) mass is 157 g/mol. The van der Waals surface area contributed by atoms with Gasteiger partial charge in [0.05, 0.1) is 0 Å². The van der Waals surface area contributed by atoms with E-state index in [-0.39, 0.29) is 0 Å². The van der Waals surface area contributed by atoms with Crippen molar-refractivity contribution in [3.8, 4) is 0 Å². The minimum Gasteiger partial charge on any atom is -0.311 e. The van der Waals surface area contributed by atoms with Gasteiger partial charge in [-0.2, -0.15) is 0 Å². The van der Waals surface area contributed by atoms with Crippen LogP contribution < -0.4 is 5.32 Å². The van der Waals surface area contributed by atoms with Gasteiger partial charge in [-0.05, 0) is 32.2 Å². The molecular weight excluding hydrogens is 134 g/mol. The summed E-state index contributed by atoms with van der Waals surface area (Å²) in [5.74, 6) is 0. The Kier molecular flexibility index (Phi) is 5.57. The molecule has 0 atom stereocenters. The lowest BCUT2D eigenvalue weighted by Gasteiger charge is -2.12. The van der Waals surface area contributed by atoms with E-state index in [1.54, 1.807) is 0 Å². The predicted molar refractivity (Wildman–Crippen MR) is 51.9 cm³/mol. The topological polar surface area (TPSA) is 12.0 Å². The zero-order valence-electron chi connectivity index (χ0n) is 8.54. The van der Waals surface area contributed by atoms with Crippen molar-refractivity contribution in [1.29, 1.82) is 0 Å². The molecule has 0 aromatic heterocycles. The first-order valence-corrected chi connectivity index (χ1v) is 5.08. The molecule has 1 N–H and O–H groups in total. The van der Waals surface area contributed by atoms with Gasteiger partial charge in [0, 0.05) is 5.54 Å². The van der Waals surface area contributed by atoms with Crippen LogP contribution >= 0.6 is 0 Å². The molecular formula is C10H23N. The van der Waals surface area contributed by atoms with E-state index >= 15 is 0 Å². The normalized spacial score (nSPS) is 18.5. The van der Waals surface area contributed by atoms with Crippen LogP contribution in [0.2, 0.25) is 0 Å². The number of nitrogens with one attached hydrogen (secondary N) is 1. The summed E-state index contributed by atoms with van der Waals surface area (Å²) in [7, 11) is 0. The van der Waals surface area contributed by atoms with E-state index in [0.717, 1.165) is 0 Å². The fraction of sp³-hybridized carbons (Fsp3) is 1.00. The highest BCUT2D eigenvalue weighted by molar-refractivity contribution is 5.00. The third-order valence-corrected chi connectivity index (χ3v) is 2.28. The first kappa shape index (κ1) is 11.0. The maximum absolute atomic E-state index is 3.57. The zero-order chi connectivity index (χ0) is 8.74. The molecule has 0 bridgehead atoms. The van der Waals surface area contributed by atoms with Crippen LogP contribution in [0.3, 0.4) is 0 Å². The van der Waals surface area contributed by atoms with Gasteiger partial charge in [0.25, 0.3) is 0 Å². The van der Waals surface area contributed by atoms with Crippen LogP contribution in [0.1, 0.15) is 53.4 Å². The molecule has 1 rings (SSSR count). The van der Waals surface area contributed by atoms with E-state index in [1.807, 2.05) is 13.8 Å². The van der Waals surface area contributed by atoms with E-state index in [4.69, 9.17) is 0 Å². The standard InChI is InChI=1S/C8H17N.C2H6/c1-3-7-9-8(4-2)5-6-8;1-2/h9H,3-7H2,1-2H3;1-2H3. The molecule has 1 nitrogen and oxygen atoms in total. The number of hydrogen-bond acceptors (Lipinski definition) is 1. The molecule has 0 aromatic rings. The SMILES string of the molecule is CC.CCCNC1(CC)CC1. The van der Waals surface area contributed by atoms with Gasteiger partial charge in [-0.25, -0.2) is 0 Å². The molecule has 1 heteroatoms. The van der Waals surface area contributed by atoms with Gasteiger partial charge in [0.1, 0.15) is 0 Å². The molecule has 11 heavy (non-hydrogen) atoms. The quantitative estimate of drug-likeness (QED) is 0.661.